The van der Waals surface area contributed by atoms with Crippen LogP contribution in [0.2, 0.25) is 0 Å². The minimum atomic E-state index is -0.567. The fourth-order valence-electron chi connectivity index (χ4n) is 4.05. The lowest BCUT2D eigenvalue weighted by Gasteiger charge is -2.24. The van der Waals surface area contributed by atoms with Crippen LogP contribution in [0.4, 0.5) is 4.39 Å². The molecule has 0 amide bonds. The van der Waals surface area contributed by atoms with E-state index in [1.54, 1.807) is 33.9 Å². The number of pyridine rings is 1. The maximum absolute atomic E-state index is 14.9. The zero-order valence-electron chi connectivity index (χ0n) is 19.1. The predicted octanol–water partition coefficient (Wildman–Crippen LogP) is 3.76. The summed E-state index contributed by atoms with van der Waals surface area (Å²) < 4.78 is 29.9. The molecule has 1 fully saturated rings. The van der Waals surface area contributed by atoms with E-state index >= 15 is 0 Å². The first kappa shape index (κ1) is 23.2. The van der Waals surface area contributed by atoms with E-state index in [0.29, 0.717) is 24.5 Å². The molecule has 0 aliphatic carbocycles. The summed E-state index contributed by atoms with van der Waals surface area (Å²) in [4.78, 5) is 4.21. The first-order valence-electron chi connectivity index (χ1n) is 11.6. The summed E-state index contributed by atoms with van der Waals surface area (Å²) in [6, 6.07) is 11.9. The molecule has 1 aliphatic heterocycles. The molecule has 1 aliphatic rings. The Hall–Kier alpha value is -3.60. The molecule has 35 heavy (non-hydrogen) atoms. The number of hydrogen-bond donors (Lipinski definition) is 2. The highest BCUT2D eigenvalue weighted by atomic mass is 19.1. The van der Waals surface area contributed by atoms with Crippen LogP contribution in [0.3, 0.4) is 0 Å². The number of aliphatic hydroxyl groups excluding tert-OH is 1. The maximum Gasteiger partial charge on any atom is 0.255 e. The smallest absolute Gasteiger partial charge is 0.255 e. The molecule has 1 unspecified atom stereocenters. The average molecular weight is 479 g/mol. The van der Waals surface area contributed by atoms with E-state index in [2.05, 4.69) is 15.2 Å². The number of halogens is 1. The van der Waals surface area contributed by atoms with Gasteiger partial charge in [0.25, 0.3) is 5.88 Å². The van der Waals surface area contributed by atoms with Crippen molar-refractivity contribution in [3.63, 3.8) is 0 Å². The molecular formula is C25H27FN6O3. The van der Waals surface area contributed by atoms with Crippen molar-refractivity contribution < 1.29 is 19.0 Å². The van der Waals surface area contributed by atoms with Crippen LogP contribution in [0.5, 0.6) is 11.6 Å². The fourth-order valence-corrected chi connectivity index (χ4v) is 4.05. The molecule has 1 saturated heterocycles. The molecule has 0 bridgehead atoms. The number of rotatable bonds is 8. The second kappa shape index (κ2) is 10.3. The quantitative estimate of drug-likeness (QED) is 0.396. The highest BCUT2D eigenvalue weighted by molar-refractivity contribution is 5.60. The summed E-state index contributed by atoms with van der Waals surface area (Å²) in [6.45, 7) is 1.01. The van der Waals surface area contributed by atoms with Crippen molar-refractivity contribution in [2.24, 2.45) is 5.73 Å². The third-order valence-electron chi connectivity index (χ3n) is 5.86. The van der Waals surface area contributed by atoms with Gasteiger partial charge in [-0.1, -0.05) is 0 Å². The zero-order chi connectivity index (χ0) is 24.2. The van der Waals surface area contributed by atoms with Gasteiger partial charge in [-0.25, -0.2) is 14.1 Å². The van der Waals surface area contributed by atoms with Gasteiger partial charge in [0, 0.05) is 42.4 Å². The lowest BCUT2D eigenvalue weighted by atomic mass is 10.1. The van der Waals surface area contributed by atoms with Crippen molar-refractivity contribution >= 4 is 0 Å². The van der Waals surface area contributed by atoms with Gasteiger partial charge in [0.05, 0.1) is 24.5 Å². The summed E-state index contributed by atoms with van der Waals surface area (Å²) in [5.74, 6) is -0.220. The number of nitrogens with two attached hydrogens (primary N) is 1. The van der Waals surface area contributed by atoms with Gasteiger partial charge in [-0.05, 0) is 61.7 Å². The van der Waals surface area contributed by atoms with E-state index in [-0.39, 0.29) is 24.8 Å². The second-order valence-corrected chi connectivity index (χ2v) is 8.49. The van der Waals surface area contributed by atoms with Crippen molar-refractivity contribution in [3.05, 3.63) is 66.9 Å². The molecule has 4 aromatic rings. The van der Waals surface area contributed by atoms with E-state index in [1.807, 2.05) is 30.5 Å². The molecule has 1 aromatic carbocycles. The van der Waals surface area contributed by atoms with Gasteiger partial charge in [-0.3, -0.25) is 4.68 Å². The normalized spacial score (nSPS) is 16.8. The van der Waals surface area contributed by atoms with Gasteiger partial charge in [-0.2, -0.15) is 10.2 Å². The van der Waals surface area contributed by atoms with Crippen LogP contribution in [0, 0.1) is 5.82 Å². The minimum absolute atomic E-state index is 0.106. The van der Waals surface area contributed by atoms with Crippen LogP contribution in [-0.2, 0) is 11.3 Å². The Labute approximate surface area is 201 Å². The van der Waals surface area contributed by atoms with Gasteiger partial charge in [-0.15, -0.1) is 0 Å². The number of hydrogen-bond acceptors (Lipinski definition) is 7. The summed E-state index contributed by atoms with van der Waals surface area (Å²) in [5.41, 5.74) is 8.75. The van der Waals surface area contributed by atoms with Gasteiger partial charge in [0.15, 0.2) is 12.0 Å². The van der Waals surface area contributed by atoms with Crippen LogP contribution in [-0.4, -0.2) is 48.9 Å². The fraction of sp³-hybridized carbons (Fsp3) is 0.320. The van der Waals surface area contributed by atoms with E-state index in [1.165, 1.54) is 6.07 Å². The molecule has 0 spiro atoms. The molecule has 0 radical (unpaired) electrons. The van der Waals surface area contributed by atoms with Crippen molar-refractivity contribution in [2.45, 2.75) is 38.1 Å². The van der Waals surface area contributed by atoms with Gasteiger partial charge in [0.1, 0.15) is 5.75 Å². The van der Waals surface area contributed by atoms with E-state index in [9.17, 15) is 4.39 Å². The molecular weight excluding hydrogens is 451 g/mol. The molecule has 182 valence electrons. The van der Waals surface area contributed by atoms with Crippen molar-refractivity contribution in [1.82, 2.24) is 24.5 Å². The second-order valence-electron chi connectivity index (χ2n) is 8.49. The molecule has 9 nitrogen and oxygen atoms in total. The topological polar surface area (TPSA) is 113 Å². The number of benzene rings is 1. The summed E-state index contributed by atoms with van der Waals surface area (Å²) in [6.07, 6.45) is 7.90. The number of aromatic nitrogens is 5. The summed E-state index contributed by atoms with van der Waals surface area (Å²) in [7, 11) is 0. The van der Waals surface area contributed by atoms with Crippen LogP contribution in [0.1, 0.15) is 25.5 Å². The number of aliphatic hydroxyl groups is 1. The third-order valence-corrected chi connectivity index (χ3v) is 5.86. The Bertz CT molecular complexity index is 1270. The zero-order valence-corrected chi connectivity index (χ0v) is 19.1. The van der Waals surface area contributed by atoms with Crippen LogP contribution >= 0.6 is 0 Å². The van der Waals surface area contributed by atoms with E-state index in [0.717, 1.165) is 36.2 Å². The van der Waals surface area contributed by atoms with Gasteiger partial charge >= 0.3 is 0 Å². The van der Waals surface area contributed by atoms with Gasteiger partial charge < -0.3 is 20.3 Å². The predicted molar refractivity (Wildman–Crippen MR) is 127 cm³/mol. The van der Waals surface area contributed by atoms with Crippen LogP contribution in [0.25, 0.3) is 22.5 Å². The molecule has 2 atom stereocenters. The number of nitrogens with zero attached hydrogens (tertiary/aromatic N) is 5. The largest absolute Gasteiger partial charge is 0.436 e. The van der Waals surface area contributed by atoms with Crippen LogP contribution in [0.15, 0.2) is 61.1 Å². The van der Waals surface area contributed by atoms with E-state index in [4.69, 9.17) is 20.3 Å². The molecule has 0 saturated carbocycles. The SMILES string of the molecule is N[C@H](CO)Cn1ccc(-c2ccc(Oc3ncc(-c4ccnn4C4CCCCO4)cc3F)cc2)n1. The Morgan fingerprint density at radius 3 is 2.77 bits per heavy atom. The molecule has 5 rings (SSSR count). The molecule has 4 heterocycles. The monoisotopic (exact) mass is 478 g/mol. The number of ether oxygens (including phenoxy) is 2. The third kappa shape index (κ3) is 5.24. The molecule has 3 aromatic heterocycles. The lowest BCUT2D eigenvalue weighted by molar-refractivity contribution is -0.0383. The maximum atomic E-state index is 14.9. The summed E-state index contributed by atoms with van der Waals surface area (Å²) >= 11 is 0. The highest BCUT2D eigenvalue weighted by Crippen LogP contribution is 2.31. The minimum Gasteiger partial charge on any atom is -0.436 e. The standard InChI is InChI=1S/C25H27FN6O3/c26-21-13-18(23-8-10-29-32(23)24-3-1-2-12-34-24)14-28-25(21)35-20-6-4-17(5-7-20)22-9-11-31(30-22)15-19(27)16-33/h4-11,13-14,19,24,33H,1-3,12,15-16,27H2/t19-,24?/m0/s1. The van der Waals surface area contributed by atoms with Crippen molar-refractivity contribution in [2.75, 3.05) is 13.2 Å². The first-order chi connectivity index (χ1) is 17.1. The first-order valence-corrected chi connectivity index (χ1v) is 11.6. The lowest BCUT2D eigenvalue weighted by Crippen LogP contribution is -2.30. The Morgan fingerprint density at radius 2 is 2.03 bits per heavy atom. The van der Waals surface area contributed by atoms with E-state index < -0.39 is 5.82 Å². The van der Waals surface area contributed by atoms with Gasteiger partial charge in [0.2, 0.25) is 0 Å². The molecule has 3 N–H and O–H groups in total. The highest BCUT2D eigenvalue weighted by Gasteiger charge is 2.20. The van der Waals surface area contributed by atoms with Crippen LogP contribution < -0.4 is 10.5 Å². The Kier molecular flexibility index (Phi) is 6.84. The van der Waals surface area contributed by atoms with Crippen molar-refractivity contribution in [3.8, 4) is 34.1 Å². The molecule has 10 heteroatoms. The van der Waals surface area contributed by atoms with Crippen molar-refractivity contribution in [1.29, 1.82) is 0 Å². The average Bonchev–Trinajstić information content (AvgIpc) is 3.56. The summed E-state index contributed by atoms with van der Waals surface area (Å²) in [5, 5.41) is 17.9. The Balaban J connectivity index is 1.28. The Morgan fingerprint density at radius 1 is 1.17 bits per heavy atom.